The van der Waals surface area contributed by atoms with Gasteiger partial charge in [0.1, 0.15) is 12.4 Å². The Morgan fingerprint density at radius 2 is 1.84 bits per heavy atom. The van der Waals surface area contributed by atoms with Gasteiger partial charge in [0.25, 0.3) is 0 Å². The Labute approximate surface area is 198 Å². The van der Waals surface area contributed by atoms with Crippen LogP contribution in [0.5, 0.6) is 5.75 Å². The van der Waals surface area contributed by atoms with Crippen molar-refractivity contribution in [2.45, 2.75) is 58.8 Å². The van der Waals surface area contributed by atoms with Crippen LogP contribution >= 0.6 is 23.4 Å². The fourth-order valence-corrected chi connectivity index (χ4v) is 4.52. The first-order valence-electron chi connectivity index (χ1n) is 10.8. The highest BCUT2D eigenvalue weighted by Crippen LogP contribution is 2.25. The number of aryl methyl sites for hydroxylation is 3. The highest BCUT2D eigenvalue weighted by molar-refractivity contribution is 7.99. The van der Waals surface area contributed by atoms with Crippen LogP contribution in [0.4, 0.5) is 5.69 Å². The fraction of sp³-hybridized carbons (Fsp3) is 0.375. The maximum atomic E-state index is 12.7. The molecule has 0 unspecified atom stereocenters. The minimum atomic E-state index is -0.0501. The second kappa shape index (κ2) is 11.4. The normalized spacial score (nSPS) is 10.9. The van der Waals surface area contributed by atoms with Crippen LogP contribution in [0.15, 0.2) is 41.6 Å². The van der Waals surface area contributed by atoms with E-state index in [1.807, 2.05) is 36.6 Å². The van der Waals surface area contributed by atoms with Gasteiger partial charge in [-0.05, 0) is 61.6 Å². The molecule has 3 rings (SSSR count). The van der Waals surface area contributed by atoms with Crippen LogP contribution in [0.25, 0.3) is 0 Å². The molecule has 0 saturated heterocycles. The maximum absolute atomic E-state index is 12.7. The molecule has 3 aromatic rings. The number of hydrogen-bond donors (Lipinski definition) is 1. The first-order valence-corrected chi connectivity index (χ1v) is 12.2. The van der Waals surface area contributed by atoms with Gasteiger partial charge < -0.3 is 14.6 Å². The van der Waals surface area contributed by atoms with Crippen molar-refractivity contribution in [1.82, 2.24) is 14.8 Å². The number of thioether (sulfide) groups is 1. The summed E-state index contributed by atoms with van der Waals surface area (Å²) in [6.45, 7) is 9.14. The number of para-hydroxylation sites is 1. The highest BCUT2D eigenvalue weighted by Gasteiger charge is 2.16. The molecule has 1 N–H and O–H groups in total. The van der Waals surface area contributed by atoms with Crippen molar-refractivity contribution in [3.05, 3.63) is 63.9 Å². The standard InChI is InChI=1S/C24H29ClN4O2S/c1-5-17-9-8-10-18(6-2)23(17)26-22(30)15-32-24-28-27-21(29(24)7-3)14-31-20-12-11-19(25)13-16(20)4/h8-13H,5-7,14-15H2,1-4H3,(H,26,30). The quantitative estimate of drug-likeness (QED) is 0.383. The first kappa shape index (κ1) is 24.1. The Morgan fingerprint density at radius 3 is 2.47 bits per heavy atom. The van der Waals surface area contributed by atoms with E-state index in [4.69, 9.17) is 16.3 Å². The molecular formula is C24H29ClN4O2S. The lowest BCUT2D eigenvalue weighted by Crippen LogP contribution is -2.17. The van der Waals surface area contributed by atoms with Gasteiger partial charge in [-0.15, -0.1) is 10.2 Å². The molecule has 6 nitrogen and oxygen atoms in total. The van der Waals surface area contributed by atoms with Gasteiger partial charge in [0.15, 0.2) is 11.0 Å². The van der Waals surface area contributed by atoms with Crippen LogP contribution in [-0.2, 0) is 30.8 Å². The third kappa shape index (κ3) is 5.84. The zero-order valence-electron chi connectivity index (χ0n) is 18.9. The monoisotopic (exact) mass is 472 g/mol. The lowest BCUT2D eigenvalue weighted by atomic mass is 10.0. The molecule has 0 aliphatic rings. The molecule has 0 saturated carbocycles. The molecule has 0 radical (unpaired) electrons. The van der Waals surface area contributed by atoms with E-state index < -0.39 is 0 Å². The van der Waals surface area contributed by atoms with Gasteiger partial charge in [-0.3, -0.25) is 4.79 Å². The molecule has 2 aromatic carbocycles. The van der Waals surface area contributed by atoms with Crippen LogP contribution in [0.3, 0.4) is 0 Å². The number of ether oxygens (including phenoxy) is 1. The van der Waals surface area contributed by atoms with E-state index in [9.17, 15) is 4.79 Å². The minimum Gasteiger partial charge on any atom is -0.485 e. The van der Waals surface area contributed by atoms with Crippen molar-refractivity contribution < 1.29 is 9.53 Å². The average Bonchev–Trinajstić information content (AvgIpc) is 3.19. The van der Waals surface area contributed by atoms with Gasteiger partial charge in [-0.1, -0.05) is 55.4 Å². The zero-order valence-corrected chi connectivity index (χ0v) is 20.5. The predicted octanol–water partition coefficient (Wildman–Crippen LogP) is 5.69. The lowest BCUT2D eigenvalue weighted by Gasteiger charge is -2.14. The number of anilines is 1. The fourth-order valence-electron chi connectivity index (χ4n) is 3.48. The zero-order chi connectivity index (χ0) is 23.1. The Hall–Kier alpha value is -2.51. The number of amides is 1. The highest BCUT2D eigenvalue weighted by atomic mass is 35.5. The summed E-state index contributed by atoms with van der Waals surface area (Å²) < 4.78 is 7.89. The van der Waals surface area contributed by atoms with Crippen molar-refractivity contribution in [2.24, 2.45) is 0 Å². The molecule has 0 fully saturated rings. The number of aromatic nitrogens is 3. The number of hydrogen-bond acceptors (Lipinski definition) is 5. The summed E-state index contributed by atoms with van der Waals surface area (Å²) in [4.78, 5) is 12.7. The Bertz CT molecular complexity index is 1060. The van der Waals surface area contributed by atoms with E-state index in [1.165, 1.54) is 11.8 Å². The number of benzene rings is 2. The summed E-state index contributed by atoms with van der Waals surface area (Å²) in [5, 5.41) is 13.0. The van der Waals surface area contributed by atoms with Crippen molar-refractivity contribution in [3.8, 4) is 5.75 Å². The molecule has 0 spiro atoms. The van der Waals surface area contributed by atoms with E-state index in [0.717, 1.165) is 41.0 Å². The maximum Gasteiger partial charge on any atom is 0.234 e. The van der Waals surface area contributed by atoms with Gasteiger partial charge in [0.05, 0.1) is 5.75 Å². The summed E-state index contributed by atoms with van der Waals surface area (Å²) >= 11 is 7.39. The molecule has 8 heteroatoms. The predicted molar refractivity (Wildman–Crippen MR) is 131 cm³/mol. The number of rotatable bonds is 10. The third-order valence-corrected chi connectivity index (χ3v) is 6.40. The molecule has 32 heavy (non-hydrogen) atoms. The molecule has 1 aromatic heterocycles. The van der Waals surface area contributed by atoms with Crippen LogP contribution < -0.4 is 10.1 Å². The van der Waals surface area contributed by atoms with Crippen LogP contribution in [-0.4, -0.2) is 26.4 Å². The Kier molecular flexibility index (Phi) is 8.59. The topological polar surface area (TPSA) is 69.0 Å². The number of carbonyl (C=O) groups excluding carboxylic acids is 1. The number of carbonyl (C=O) groups is 1. The number of nitrogens with one attached hydrogen (secondary N) is 1. The molecule has 1 amide bonds. The van der Waals surface area contributed by atoms with E-state index in [1.54, 1.807) is 6.07 Å². The Morgan fingerprint density at radius 1 is 1.12 bits per heavy atom. The van der Waals surface area contributed by atoms with E-state index in [-0.39, 0.29) is 11.7 Å². The van der Waals surface area contributed by atoms with Crippen LogP contribution in [0, 0.1) is 6.92 Å². The van der Waals surface area contributed by atoms with Gasteiger partial charge in [-0.25, -0.2) is 0 Å². The molecule has 0 aliphatic heterocycles. The van der Waals surface area contributed by atoms with Gasteiger partial charge in [0, 0.05) is 17.3 Å². The van der Waals surface area contributed by atoms with E-state index in [0.29, 0.717) is 29.2 Å². The van der Waals surface area contributed by atoms with Crippen molar-refractivity contribution in [1.29, 1.82) is 0 Å². The van der Waals surface area contributed by atoms with E-state index >= 15 is 0 Å². The van der Waals surface area contributed by atoms with E-state index in [2.05, 4.69) is 41.5 Å². The minimum absolute atomic E-state index is 0.0501. The molecular weight excluding hydrogens is 444 g/mol. The lowest BCUT2D eigenvalue weighted by molar-refractivity contribution is -0.113. The number of nitrogens with zero attached hydrogens (tertiary/aromatic N) is 3. The summed E-state index contributed by atoms with van der Waals surface area (Å²) in [5.41, 5.74) is 4.20. The summed E-state index contributed by atoms with van der Waals surface area (Å²) in [7, 11) is 0. The number of halogens is 1. The Balaban J connectivity index is 1.63. The second-order valence-electron chi connectivity index (χ2n) is 7.34. The van der Waals surface area contributed by atoms with Gasteiger partial charge in [0.2, 0.25) is 5.91 Å². The molecule has 170 valence electrons. The van der Waals surface area contributed by atoms with Gasteiger partial charge in [-0.2, -0.15) is 0 Å². The smallest absolute Gasteiger partial charge is 0.234 e. The first-order chi connectivity index (χ1) is 15.5. The molecule has 1 heterocycles. The van der Waals surface area contributed by atoms with Crippen LogP contribution in [0.1, 0.15) is 43.3 Å². The summed E-state index contributed by atoms with van der Waals surface area (Å²) in [6.07, 6.45) is 1.74. The van der Waals surface area contributed by atoms with Crippen molar-refractivity contribution in [2.75, 3.05) is 11.1 Å². The average molecular weight is 473 g/mol. The third-order valence-electron chi connectivity index (χ3n) is 5.20. The summed E-state index contributed by atoms with van der Waals surface area (Å²) in [6, 6.07) is 11.7. The van der Waals surface area contributed by atoms with Gasteiger partial charge >= 0.3 is 0 Å². The largest absolute Gasteiger partial charge is 0.485 e. The second-order valence-corrected chi connectivity index (χ2v) is 8.72. The van der Waals surface area contributed by atoms with Crippen molar-refractivity contribution in [3.63, 3.8) is 0 Å². The molecule has 0 atom stereocenters. The van der Waals surface area contributed by atoms with Crippen LogP contribution in [0.2, 0.25) is 5.02 Å². The molecule has 0 bridgehead atoms. The van der Waals surface area contributed by atoms with Crippen molar-refractivity contribution >= 4 is 35.0 Å². The SMILES string of the molecule is CCc1cccc(CC)c1NC(=O)CSc1nnc(COc2ccc(Cl)cc2C)n1CC. The molecule has 0 aliphatic carbocycles. The summed E-state index contributed by atoms with van der Waals surface area (Å²) in [5.74, 6) is 1.69.